The quantitative estimate of drug-likeness (QED) is 0.527. The van der Waals surface area contributed by atoms with Crippen LogP contribution in [0, 0.1) is 12.7 Å². The summed E-state index contributed by atoms with van der Waals surface area (Å²) in [5, 5.41) is 14.9. The Kier molecular flexibility index (Phi) is 5.78. The van der Waals surface area contributed by atoms with Gasteiger partial charge in [0.2, 0.25) is 0 Å². The number of hydrogen-bond acceptors (Lipinski definition) is 3. The smallest absolute Gasteiger partial charge is 0.191 e. The van der Waals surface area contributed by atoms with Crippen molar-refractivity contribution in [2.75, 3.05) is 13.1 Å². The SMILES string of the molecule is CCNC(=NCc1ccc(C)c(F)c1)NCCc1nnc2ccccn12. The summed E-state index contributed by atoms with van der Waals surface area (Å²) in [5.74, 6) is 1.39. The lowest BCUT2D eigenvalue weighted by Gasteiger charge is -2.11. The molecule has 26 heavy (non-hydrogen) atoms. The molecule has 0 aliphatic heterocycles. The normalized spacial score (nSPS) is 11.7. The summed E-state index contributed by atoms with van der Waals surface area (Å²) < 4.78 is 15.6. The zero-order valence-electron chi connectivity index (χ0n) is 15.0. The molecule has 7 heteroatoms. The molecular formula is C19H23FN6. The van der Waals surface area contributed by atoms with Gasteiger partial charge in [0.25, 0.3) is 0 Å². The number of hydrogen-bond donors (Lipinski definition) is 2. The van der Waals surface area contributed by atoms with Crippen molar-refractivity contribution in [2.24, 2.45) is 4.99 Å². The van der Waals surface area contributed by atoms with Crippen molar-refractivity contribution in [1.29, 1.82) is 0 Å². The van der Waals surface area contributed by atoms with Crippen LogP contribution in [0.1, 0.15) is 23.9 Å². The van der Waals surface area contributed by atoms with Crippen molar-refractivity contribution in [3.8, 4) is 0 Å². The molecule has 0 saturated heterocycles. The Bertz CT molecular complexity index is 902. The molecule has 0 unspecified atom stereocenters. The molecule has 0 bridgehead atoms. The predicted molar refractivity (Wildman–Crippen MR) is 101 cm³/mol. The number of benzene rings is 1. The number of nitrogens with one attached hydrogen (secondary N) is 2. The maximum absolute atomic E-state index is 13.6. The van der Waals surface area contributed by atoms with Crippen LogP contribution in [0.15, 0.2) is 47.6 Å². The van der Waals surface area contributed by atoms with Crippen LogP contribution >= 0.6 is 0 Å². The van der Waals surface area contributed by atoms with Gasteiger partial charge in [-0.1, -0.05) is 18.2 Å². The van der Waals surface area contributed by atoms with E-state index in [1.807, 2.05) is 41.8 Å². The van der Waals surface area contributed by atoms with Crippen molar-refractivity contribution in [1.82, 2.24) is 25.2 Å². The van der Waals surface area contributed by atoms with Crippen molar-refractivity contribution >= 4 is 11.6 Å². The molecule has 2 aromatic heterocycles. The van der Waals surface area contributed by atoms with Crippen LogP contribution in [0.25, 0.3) is 5.65 Å². The summed E-state index contributed by atoms with van der Waals surface area (Å²) in [6.07, 6.45) is 2.67. The van der Waals surface area contributed by atoms with Gasteiger partial charge in [-0.2, -0.15) is 0 Å². The fraction of sp³-hybridized carbons (Fsp3) is 0.316. The van der Waals surface area contributed by atoms with E-state index in [9.17, 15) is 4.39 Å². The van der Waals surface area contributed by atoms with Crippen molar-refractivity contribution in [3.05, 3.63) is 65.4 Å². The van der Waals surface area contributed by atoms with Gasteiger partial charge < -0.3 is 10.6 Å². The standard InChI is InChI=1S/C19H23FN6/c1-3-21-19(23-13-15-8-7-14(2)16(20)12-15)22-10-9-18-25-24-17-6-4-5-11-26(17)18/h4-8,11-12H,3,9-10,13H2,1-2H3,(H2,21,22,23). The topological polar surface area (TPSA) is 66.6 Å². The van der Waals surface area contributed by atoms with E-state index in [4.69, 9.17) is 0 Å². The Labute approximate surface area is 152 Å². The van der Waals surface area contributed by atoms with Gasteiger partial charge in [-0.3, -0.25) is 4.40 Å². The molecule has 136 valence electrons. The first kappa shape index (κ1) is 17.8. The molecule has 3 aromatic rings. The fourth-order valence-corrected chi connectivity index (χ4v) is 2.60. The maximum atomic E-state index is 13.6. The van der Waals surface area contributed by atoms with Crippen LogP contribution in [0.3, 0.4) is 0 Å². The highest BCUT2D eigenvalue weighted by Gasteiger charge is 2.05. The Balaban J connectivity index is 1.60. The molecule has 3 rings (SSSR count). The van der Waals surface area contributed by atoms with Crippen LogP contribution < -0.4 is 10.6 Å². The van der Waals surface area contributed by atoms with E-state index in [1.54, 1.807) is 13.0 Å². The molecule has 0 spiro atoms. The second-order valence-electron chi connectivity index (χ2n) is 6.00. The molecule has 1 aromatic carbocycles. The third-order valence-electron chi connectivity index (χ3n) is 4.03. The number of aryl methyl sites for hydroxylation is 1. The molecule has 2 heterocycles. The number of pyridine rings is 1. The molecular weight excluding hydrogens is 331 g/mol. The Morgan fingerprint density at radius 1 is 1.19 bits per heavy atom. The summed E-state index contributed by atoms with van der Waals surface area (Å²) in [5.41, 5.74) is 2.32. The van der Waals surface area contributed by atoms with Crippen LogP contribution in [0.2, 0.25) is 0 Å². The third kappa shape index (κ3) is 4.36. The third-order valence-corrected chi connectivity index (χ3v) is 4.03. The summed E-state index contributed by atoms with van der Waals surface area (Å²) >= 11 is 0. The maximum Gasteiger partial charge on any atom is 0.191 e. The van der Waals surface area contributed by atoms with Gasteiger partial charge in [-0.25, -0.2) is 9.38 Å². The molecule has 0 atom stereocenters. The van der Waals surface area contributed by atoms with Gasteiger partial charge in [-0.15, -0.1) is 10.2 Å². The summed E-state index contributed by atoms with van der Waals surface area (Å²) in [6.45, 7) is 5.60. The van der Waals surface area contributed by atoms with Gasteiger partial charge >= 0.3 is 0 Å². The number of fused-ring (bicyclic) bond motifs is 1. The molecule has 0 aliphatic rings. The number of rotatable bonds is 6. The zero-order valence-corrected chi connectivity index (χ0v) is 15.0. The average molecular weight is 354 g/mol. The van der Waals surface area contributed by atoms with Crippen LogP contribution in [-0.4, -0.2) is 33.6 Å². The average Bonchev–Trinajstić information content (AvgIpc) is 3.06. The van der Waals surface area contributed by atoms with Crippen LogP contribution in [0.5, 0.6) is 0 Å². The first-order chi connectivity index (χ1) is 12.7. The largest absolute Gasteiger partial charge is 0.357 e. The Morgan fingerprint density at radius 2 is 2.08 bits per heavy atom. The Hall–Kier alpha value is -2.96. The number of guanidine groups is 1. The number of aromatic nitrogens is 3. The highest BCUT2D eigenvalue weighted by atomic mass is 19.1. The molecule has 0 aliphatic carbocycles. The van der Waals surface area contributed by atoms with Gasteiger partial charge in [0, 0.05) is 25.7 Å². The minimum Gasteiger partial charge on any atom is -0.357 e. The molecule has 0 fully saturated rings. The number of nitrogens with zero attached hydrogens (tertiary/aromatic N) is 4. The number of halogens is 1. The molecule has 0 amide bonds. The van der Waals surface area contributed by atoms with E-state index >= 15 is 0 Å². The molecule has 0 saturated carbocycles. The van der Waals surface area contributed by atoms with Gasteiger partial charge in [0.05, 0.1) is 6.54 Å². The lowest BCUT2D eigenvalue weighted by Crippen LogP contribution is -2.38. The lowest BCUT2D eigenvalue weighted by atomic mass is 10.1. The van der Waals surface area contributed by atoms with Crippen molar-refractivity contribution in [2.45, 2.75) is 26.8 Å². The summed E-state index contributed by atoms with van der Waals surface area (Å²) in [4.78, 5) is 4.52. The van der Waals surface area contributed by atoms with Gasteiger partial charge in [0.15, 0.2) is 11.6 Å². The van der Waals surface area contributed by atoms with E-state index < -0.39 is 0 Å². The summed E-state index contributed by atoms with van der Waals surface area (Å²) in [6, 6.07) is 11.0. The highest BCUT2D eigenvalue weighted by Crippen LogP contribution is 2.10. The molecule has 6 nitrogen and oxygen atoms in total. The van der Waals surface area contributed by atoms with E-state index in [2.05, 4.69) is 25.8 Å². The van der Waals surface area contributed by atoms with E-state index in [1.165, 1.54) is 6.07 Å². The molecule has 2 N–H and O–H groups in total. The number of aliphatic imine (C=N–C) groups is 1. The van der Waals surface area contributed by atoms with Crippen molar-refractivity contribution in [3.63, 3.8) is 0 Å². The second-order valence-corrected chi connectivity index (χ2v) is 6.00. The van der Waals surface area contributed by atoms with E-state index in [0.717, 1.165) is 30.0 Å². The summed E-state index contributed by atoms with van der Waals surface area (Å²) in [7, 11) is 0. The van der Waals surface area contributed by atoms with E-state index in [-0.39, 0.29) is 5.82 Å². The van der Waals surface area contributed by atoms with E-state index in [0.29, 0.717) is 24.6 Å². The predicted octanol–water partition coefficient (Wildman–Crippen LogP) is 2.47. The first-order valence-corrected chi connectivity index (χ1v) is 8.73. The zero-order chi connectivity index (χ0) is 18.4. The van der Waals surface area contributed by atoms with Gasteiger partial charge in [-0.05, 0) is 43.2 Å². The van der Waals surface area contributed by atoms with Crippen molar-refractivity contribution < 1.29 is 4.39 Å². The lowest BCUT2D eigenvalue weighted by molar-refractivity contribution is 0.616. The van der Waals surface area contributed by atoms with Gasteiger partial charge in [0.1, 0.15) is 11.6 Å². The monoisotopic (exact) mass is 354 g/mol. The van der Waals surface area contributed by atoms with Crippen LogP contribution in [0.4, 0.5) is 4.39 Å². The minimum absolute atomic E-state index is 0.200. The highest BCUT2D eigenvalue weighted by molar-refractivity contribution is 5.79. The molecule has 0 radical (unpaired) electrons. The Morgan fingerprint density at radius 3 is 2.88 bits per heavy atom. The van der Waals surface area contributed by atoms with Crippen LogP contribution in [-0.2, 0) is 13.0 Å². The minimum atomic E-state index is -0.200. The fourth-order valence-electron chi connectivity index (χ4n) is 2.60. The first-order valence-electron chi connectivity index (χ1n) is 8.73. The second kappa shape index (κ2) is 8.42.